The second-order valence-electron chi connectivity index (χ2n) is 3.47. The Kier molecular flexibility index (Phi) is 7.38. The molecule has 0 spiro atoms. The van der Waals surface area contributed by atoms with Gasteiger partial charge >= 0.3 is 0 Å². The Balaban J connectivity index is 0.00000289. The molecule has 0 aliphatic carbocycles. The molecule has 3 nitrogen and oxygen atoms in total. The number of carbonyl (C=O) groups excluding carboxylic acids is 1. The van der Waals surface area contributed by atoms with Gasteiger partial charge in [-0.3, -0.25) is 4.79 Å². The molecule has 1 amide bonds. The van der Waals surface area contributed by atoms with E-state index in [1.165, 1.54) is 0 Å². The average molecular weight is 283 g/mol. The third-order valence-electron chi connectivity index (χ3n) is 2.14. The highest BCUT2D eigenvalue weighted by atomic mass is 35.5. The van der Waals surface area contributed by atoms with Gasteiger partial charge in [-0.25, -0.2) is 13.2 Å². The van der Waals surface area contributed by atoms with Crippen molar-refractivity contribution < 1.29 is 18.0 Å². The molecule has 0 unspecified atom stereocenters. The van der Waals surface area contributed by atoms with Crippen LogP contribution in [-0.4, -0.2) is 26.0 Å². The van der Waals surface area contributed by atoms with E-state index in [0.29, 0.717) is 31.6 Å². The van der Waals surface area contributed by atoms with E-state index in [-0.39, 0.29) is 18.0 Å². The highest BCUT2D eigenvalue weighted by Crippen LogP contribution is 2.13. The predicted octanol–water partition coefficient (Wildman–Crippen LogP) is 1.86. The van der Waals surface area contributed by atoms with Crippen LogP contribution in [-0.2, 0) is 0 Å². The van der Waals surface area contributed by atoms with Gasteiger partial charge in [0.2, 0.25) is 0 Å². The Bertz CT molecular complexity index is 392. The fourth-order valence-electron chi connectivity index (χ4n) is 1.26. The summed E-state index contributed by atoms with van der Waals surface area (Å²) in [7, 11) is 1.77. The molecule has 0 atom stereocenters. The Morgan fingerprint density at radius 2 is 1.72 bits per heavy atom. The molecule has 1 aromatic rings. The van der Waals surface area contributed by atoms with Gasteiger partial charge in [0.15, 0.2) is 17.5 Å². The molecule has 0 aliphatic rings. The van der Waals surface area contributed by atoms with Gasteiger partial charge in [0, 0.05) is 12.1 Å². The lowest BCUT2D eigenvalue weighted by Gasteiger charge is -2.05. The number of halogens is 4. The van der Waals surface area contributed by atoms with Crippen LogP contribution in [0, 0.1) is 17.5 Å². The molecular formula is C11H14ClF3N2O. The summed E-state index contributed by atoms with van der Waals surface area (Å²) in [6.07, 6.45) is 0.689. The van der Waals surface area contributed by atoms with Crippen LogP contribution < -0.4 is 10.6 Å². The Morgan fingerprint density at radius 3 is 2.22 bits per heavy atom. The molecule has 2 N–H and O–H groups in total. The Labute approximate surface area is 109 Å². The summed E-state index contributed by atoms with van der Waals surface area (Å²) in [6.45, 7) is 1.09. The van der Waals surface area contributed by atoms with Gasteiger partial charge < -0.3 is 10.6 Å². The molecular weight excluding hydrogens is 269 g/mol. The summed E-state index contributed by atoms with van der Waals surface area (Å²) in [5, 5.41) is 5.36. The number of hydrogen-bond acceptors (Lipinski definition) is 2. The largest absolute Gasteiger partial charge is 0.352 e. The minimum Gasteiger partial charge on any atom is -0.352 e. The fraction of sp³-hybridized carbons (Fsp3) is 0.364. The van der Waals surface area contributed by atoms with Crippen LogP contribution in [0.4, 0.5) is 13.2 Å². The van der Waals surface area contributed by atoms with Gasteiger partial charge in [0.05, 0.1) is 0 Å². The highest BCUT2D eigenvalue weighted by molar-refractivity contribution is 5.94. The van der Waals surface area contributed by atoms with Gasteiger partial charge in [-0.15, -0.1) is 12.4 Å². The molecule has 0 aliphatic heterocycles. The minimum absolute atomic E-state index is 0. The lowest BCUT2D eigenvalue weighted by Crippen LogP contribution is -2.26. The number of benzene rings is 1. The number of carbonyl (C=O) groups is 1. The molecule has 0 bridgehead atoms. The van der Waals surface area contributed by atoms with Gasteiger partial charge in [-0.1, -0.05) is 0 Å². The number of nitrogens with one attached hydrogen (secondary N) is 2. The van der Waals surface area contributed by atoms with Crippen molar-refractivity contribution in [2.75, 3.05) is 20.1 Å². The maximum Gasteiger partial charge on any atom is 0.251 e. The lowest BCUT2D eigenvalue weighted by atomic mass is 10.2. The molecule has 0 aromatic heterocycles. The van der Waals surface area contributed by atoms with Crippen LogP contribution in [0.15, 0.2) is 12.1 Å². The predicted molar refractivity (Wildman–Crippen MR) is 64.4 cm³/mol. The molecule has 0 saturated carbocycles. The Hall–Kier alpha value is -1.27. The molecule has 7 heteroatoms. The monoisotopic (exact) mass is 282 g/mol. The van der Waals surface area contributed by atoms with Crippen LogP contribution in [0.1, 0.15) is 16.8 Å². The minimum atomic E-state index is -1.57. The quantitative estimate of drug-likeness (QED) is 0.639. The molecule has 18 heavy (non-hydrogen) atoms. The van der Waals surface area contributed by atoms with Gasteiger partial charge in [-0.2, -0.15) is 0 Å². The van der Waals surface area contributed by atoms with E-state index >= 15 is 0 Å². The SMILES string of the molecule is CNCCCNC(=O)c1cc(F)c(F)c(F)c1.Cl. The molecule has 0 heterocycles. The van der Waals surface area contributed by atoms with Gasteiger partial charge in [0.1, 0.15) is 0 Å². The van der Waals surface area contributed by atoms with Crippen molar-refractivity contribution >= 4 is 18.3 Å². The summed E-state index contributed by atoms with van der Waals surface area (Å²) in [6, 6.07) is 1.34. The zero-order valence-electron chi connectivity index (χ0n) is 9.73. The molecule has 1 rings (SSSR count). The van der Waals surface area contributed by atoms with Crippen molar-refractivity contribution in [1.82, 2.24) is 10.6 Å². The van der Waals surface area contributed by atoms with E-state index in [1.54, 1.807) is 7.05 Å². The summed E-state index contributed by atoms with van der Waals surface area (Å²) >= 11 is 0. The average Bonchev–Trinajstić information content (AvgIpc) is 2.30. The second kappa shape index (κ2) is 7.94. The summed E-state index contributed by atoms with van der Waals surface area (Å²) in [4.78, 5) is 11.4. The molecule has 1 aromatic carbocycles. The van der Waals surface area contributed by atoms with Crippen molar-refractivity contribution in [3.05, 3.63) is 35.1 Å². The topological polar surface area (TPSA) is 41.1 Å². The molecule has 0 fully saturated rings. The van der Waals surface area contributed by atoms with Crippen LogP contribution >= 0.6 is 12.4 Å². The molecule has 102 valence electrons. The maximum atomic E-state index is 12.8. The Morgan fingerprint density at radius 1 is 1.17 bits per heavy atom. The van der Waals surface area contributed by atoms with E-state index in [4.69, 9.17) is 0 Å². The van der Waals surface area contributed by atoms with Crippen LogP contribution in [0.5, 0.6) is 0 Å². The van der Waals surface area contributed by atoms with Crippen molar-refractivity contribution in [3.63, 3.8) is 0 Å². The third-order valence-corrected chi connectivity index (χ3v) is 2.14. The van der Waals surface area contributed by atoms with Gasteiger partial charge in [0.25, 0.3) is 5.91 Å². The third kappa shape index (κ3) is 4.54. The highest BCUT2D eigenvalue weighted by Gasteiger charge is 2.14. The first kappa shape index (κ1) is 16.7. The zero-order valence-corrected chi connectivity index (χ0v) is 10.5. The van der Waals surface area contributed by atoms with Crippen LogP contribution in [0.3, 0.4) is 0 Å². The van der Waals surface area contributed by atoms with Crippen LogP contribution in [0.25, 0.3) is 0 Å². The molecule has 0 saturated heterocycles. The lowest BCUT2D eigenvalue weighted by molar-refractivity contribution is 0.0952. The van der Waals surface area contributed by atoms with E-state index < -0.39 is 23.4 Å². The number of hydrogen-bond donors (Lipinski definition) is 2. The number of amides is 1. The van der Waals surface area contributed by atoms with Gasteiger partial charge in [-0.05, 0) is 32.1 Å². The van der Waals surface area contributed by atoms with E-state index in [2.05, 4.69) is 10.6 Å². The normalized spacial score (nSPS) is 9.78. The smallest absolute Gasteiger partial charge is 0.251 e. The van der Waals surface area contributed by atoms with E-state index in [0.717, 1.165) is 0 Å². The van der Waals surface area contributed by atoms with E-state index in [1.807, 2.05) is 0 Å². The maximum absolute atomic E-state index is 12.8. The first-order chi connectivity index (χ1) is 8.06. The second-order valence-corrected chi connectivity index (χ2v) is 3.47. The zero-order chi connectivity index (χ0) is 12.8. The van der Waals surface area contributed by atoms with Crippen molar-refractivity contribution in [1.29, 1.82) is 0 Å². The fourth-order valence-corrected chi connectivity index (χ4v) is 1.26. The van der Waals surface area contributed by atoms with Crippen molar-refractivity contribution in [3.8, 4) is 0 Å². The summed E-state index contributed by atoms with van der Waals surface area (Å²) < 4.78 is 38.3. The van der Waals surface area contributed by atoms with Crippen LogP contribution in [0.2, 0.25) is 0 Å². The first-order valence-electron chi connectivity index (χ1n) is 5.13. The summed E-state index contributed by atoms with van der Waals surface area (Å²) in [5.41, 5.74) is -0.231. The summed E-state index contributed by atoms with van der Waals surface area (Å²) in [5.74, 6) is -4.94. The van der Waals surface area contributed by atoms with Crippen molar-refractivity contribution in [2.45, 2.75) is 6.42 Å². The molecule has 0 radical (unpaired) electrons. The van der Waals surface area contributed by atoms with Crippen molar-refractivity contribution in [2.24, 2.45) is 0 Å². The first-order valence-corrected chi connectivity index (χ1v) is 5.13. The standard InChI is InChI=1S/C11H13F3N2O.ClH/c1-15-3-2-4-16-11(17)7-5-8(12)10(14)9(13)6-7;/h5-6,15H,2-4H2,1H3,(H,16,17);1H. The number of rotatable bonds is 5. The van der Waals surface area contributed by atoms with E-state index in [9.17, 15) is 18.0 Å².